The van der Waals surface area contributed by atoms with Crippen molar-refractivity contribution in [2.24, 2.45) is 0 Å². The third-order valence-electron chi connectivity index (χ3n) is 3.29. The number of benzene rings is 2. The standard InChI is InChI=1S/C16H17N5/c1-21(2)14-8-6-11(7-9-14)15-18-16(20-19-15)12-4-3-5-13(17)10-12/h3-10H,17H2,1-2H3,(H,18,19,20). The van der Waals surface area contributed by atoms with Crippen LogP contribution in [0.1, 0.15) is 0 Å². The number of rotatable bonds is 3. The largest absolute Gasteiger partial charge is 0.399 e. The molecule has 0 radical (unpaired) electrons. The summed E-state index contributed by atoms with van der Waals surface area (Å²) >= 11 is 0. The molecule has 0 aliphatic rings. The minimum Gasteiger partial charge on any atom is -0.399 e. The van der Waals surface area contributed by atoms with E-state index in [0.29, 0.717) is 11.5 Å². The number of nitrogens with zero attached hydrogens (tertiary/aromatic N) is 3. The van der Waals surface area contributed by atoms with E-state index in [2.05, 4.69) is 32.2 Å². The van der Waals surface area contributed by atoms with Crippen molar-refractivity contribution in [1.29, 1.82) is 0 Å². The minimum absolute atomic E-state index is 0.647. The van der Waals surface area contributed by atoms with E-state index in [-0.39, 0.29) is 0 Å². The molecule has 0 saturated heterocycles. The number of hydrogen-bond donors (Lipinski definition) is 2. The Kier molecular flexibility index (Phi) is 3.31. The average molecular weight is 279 g/mol. The van der Waals surface area contributed by atoms with Crippen LogP contribution < -0.4 is 10.6 Å². The molecule has 5 heteroatoms. The number of anilines is 2. The molecule has 2 aromatic carbocycles. The summed E-state index contributed by atoms with van der Waals surface area (Å²) in [6.07, 6.45) is 0. The summed E-state index contributed by atoms with van der Waals surface area (Å²) in [6.45, 7) is 0. The van der Waals surface area contributed by atoms with Gasteiger partial charge in [0.2, 0.25) is 0 Å². The van der Waals surface area contributed by atoms with E-state index in [1.54, 1.807) is 0 Å². The molecule has 3 rings (SSSR count). The third kappa shape index (κ3) is 2.72. The SMILES string of the molecule is CN(C)c1ccc(-c2nc(-c3cccc(N)c3)n[nH]2)cc1. The van der Waals surface area contributed by atoms with Crippen molar-refractivity contribution >= 4 is 11.4 Å². The molecule has 5 nitrogen and oxygen atoms in total. The van der Waals surface area contributed by atoms with Gasteiger partial charge in [0, 0.05) is 36.6 Å². The van der Waals surface area contributed by atoms with E-state index < -0.39 is 0 Å². The molecule has 0 bridgehead atoms. The lowest BCUT2D eigenvalue weighted by atomic mass is 10.2. The van der Waals surface area contributed by atoms with E-state index in [0.717, 1.165) is 22.6 Å². The van der Waals surface area contributed by atoms with Gasteiger partial charge in [-0.2, -0.15) is 5.10 Å². The van der Waals surface area contributed by atoms with Gasteiger partial charge in [-0.3, -0.25) is 5.10 Å². The second kappa shape index (κ2) is 5.28. The molecule has 3 N–H and O–H groups in total. The predicted molar refractivity (Wildman–Crippen MR) is 86.0 cm³/mol. The number of nitrogens with one attached hydrogen (secondary N) is 1. The van der Waals surface area contributed by atoms with Gasteiger partial charge in [-0.1, -0.05) is 12.1 Å². The van der Waals surface area contributed by atoms with Gasteiger partial charge in [0.25, 0.3) is 0 Å². The van der Waals surface area contributed by atoms with Crippen LogP contribution >= 0.6 is 0 Å². The van der Waals surface area contributed by atoms with Crippen LogP contribution in [-0.2, 0) is 0 Å². The normalized spacial score (nSPS) is 10.6. The Morgan fingerprint density at radius 3 is 2.43 bits per heavy atom. The van der Waals surface area contributed by atoms with Crippen LogP contribution in [0.2, 0.25) is 0 Å². The highest BCUT2D eigenvalue weighted by molar-refractivity contribution is 5.65. The first kappa shape index (κ1) is 13.2. The first-order valence-electron chi connectivity index (χ1n) is 6.69. The molecule has 0 saturated carbocycles. The monoisotopic (exact) mass is 279 g/mol. The fourth-order valence-electron chi connectivity index (χ4n) is 2.12. The maximum atomic E-state index is 5.79. The van der Waals surface area contributed by atoms with Crippen LogP contribution in [-0.4, -0.2) is 29.3 Å². The smallest absolute Gasteiger partial charge is 0.181 e. The minimum atomic E-state index is 0.647. The zero-order valence-electron chi connectivity index (χ0n) is 12.0. The summed E-state index contributed by atoms with van der Waals surface area (Å²) in [4.78, 5) is 6.59. The Labute approximate surface area is 123 Å². The first-order chi connectivity index (χ1) is 10.1. The van der Waals surface area contributed by atoms with E-state index in [1.165, 1.54) is 0 Å². The van der Waals surface area contributed by atoms with Gasteiger partial charge in [0.1, 0.15) is 0 Å². The second-order valence-electron chi connectivity index (χ2n) is 5.07. The predicted octanol–water partition coefficient (Wildman–Crippen LogP) is 2.79. The van der Waals surface area contributed by atoms with Crippen molar-refractivity contribution in [3.63, 3.8) is 0 Å². The van der Waals surface area contributed by atoms with E-state index in [1.807, 2.05) is 50.5 Å². The fourth-order valence-corrected chi connectivity index (χ4v) is 2.12. The van der Waals surface area contributed by atoms with Crippen molar-refractivity contribution < 1.29 is 0 Å². The van der Waals surface area contributed by atoms with E-state index >= 15 is 0 Å². The summed E-state index contributed by atoms with van der Waals surface area (Å²) in [5.74, 6) is 1.40. The lowest BCUT2D eigenvalue weighted by Crippen LogP contribution is -2.07. The van der Waals surface area contributed by atoms with Crippen molar-refractivity contribution in [1.82, 2.24) is 15.2 Å². The molecule has 1 aromatic heterocycles. The van der Waals surface area contributed by atoms with Crippen molar-refractivity contribution in [2.45, 2.75) is 0 Å². The fraction of sp³-hybridized carbons (Fsp3) is 0.125. The Hall–Kier alpha value is -2.82. The van der Waals surface area contributed by atoms with Crippen LogP contribution in [0.5, 0.6) is 0 Å². The first-order valence-corrected chi connectivity index (χ1v) is 6.69. The molecule has 1 heterocycles. The van der Waals surface area contributed by atoms with Gasteiger partial charge in [0.05, 0.1) is 0 Å². The summed E-state index contributed by atoms with van der Waals surface area (Å²) in [5, 5.41) is 7.23. The lowest BCUT2D eigenvalue weighted by molar-refractivity contribution is 1.10. The molecule has 0 aliphatic carbocycles. The molecule has 3 aromatic rings. The highest BCUT2D eigenvalue weighted by Crippen LogP contribution is 2.23. The summed E-state index contributed by atoms with van der Waals surface area (Å²) in [6, 6.07) is 15.7. The highest BCUT2D eigenvalue weighted by Gasteiger charge is 2.08. The maximum absolute atomic E-state index is 5.79. The quantitative estimate of drug-likeness (QED) is 0.723. The molecule has 0 atom stereocenters. The molecule has 106 valence electrons. The zero-order valence-corrected chi connectivity index (χ0v) is 12.0. The topological polar surface area (TPSA) is 70.8 Å². The number of hydrogen-bond acceptors (Lipinski definition) is 4. The van der Waals surface area contributed by atoms with Crippen LogP contribution in [0, 0.1) is 0 Å². The number of nitrogen functional groups attached to an aromatic ring is 1. The van der Waals surface area contributed by atoms with Crippen molar-refractivity contribution in [3.8, 4) is 22.8 Å². The number of nitrogens with two attached hydrogens (primary N) is 1. The summed E-state index contributed by atoms with van der Waals surface area (Å²) < 4.78 is 0. The van der Waals surface area contributed by atoms with Crippen molar-refractivity contribution in [3.05, 3.63) is 48.5 Å². The highest BCUT2D eigenvalue weighted by atomic mass is 15.2. The molecular weight excluding hydrogens is 262 g/mol. The van der Waals surface area contributed by atoms with Gasteiger partial charge >= 0.3 is 0 Å². The molecule has 0 amide bonds. The molecule has 0 spiro atoms. The Morgan fingerprint density at radius 1 is 1.00 bits per heavy atom. The maximum Gasteiger partial charge on any atom is 0.181 e. The number of aromatic amines is 1. The van der Waals surface area contributed by atoms with Crippen LogP contribution in [0.25, 0.3) is 22.8 Å². The van der Waals surface area contributed by atoms with Gasteiger partial charge < -0.3 is 10.6 Å². The van der Waals surface area contributed by atoms with Gasteiger partial charge in [-0.05, 0) is 36.4 Å². The number of aromatic nitrogens is 3. The summed E-state index contributed by atoms with van der Waals surface area (Å²) in [5.41, 5.74) is 9.55. The van der Waals surface area contributed by atoms with Gasteiger partial charge in [-0.15, -0.1) is 0 Å². The second-order valence-corrected chi connectivity index (χ2v) is 5.07. The Morgan fingerprint density at radius 2 is 1.76 bits per heavy atom. The average Bonchev–Trinajstić information content (AvgIpc) is 2.97. The number of H-pyrrole nitrogens is 1. The Bertz CT molecular complexity index is 743. The van der Waals surface area contributed by atoms with Gasteiger partial charge in [-0.25, -0.2) is 4.98 Å². The third-order valence-corrected chi connectivity index (χ3v) is 3.29. The molecule has 0 unspecified atom stereocenters. The molecule has 0 aliphatic heterocycles. The molecule has 21 heavy (non-hydrogen) atoms. The molecular formula is C16H17N5. The van der Waals surface area contributed by atoms with E-state index in [4.69, 9.17) is 5.73 Å². The van der Waals surface area contributed by atoms with Crippen LogP contribution in [0.4, 0.5) is 11.4 Å². The molecule has 0 fully saturated rings. The summed E-state index contributed by atoms with van der Waals surface area (Å²) in [7, 11) is 4.03. The lowest BCUT2D eigenvalue weighted by Gasteiger charge is -2.11. The van der Waals surface area contributed by atoms with Crippen LogP contribution in [0.15, 0.2) is 48.5 Å². The van der Waals surface area contributed by atoms with Gasteiger partial charge in [0.15, 0.2) is 11.6 Å². The van der Waals surface area contributed by atoms with E-state index in [9.17, 15) is 0 Å². The van der Waals surface area contributed by atoms with Crippen LogP contribution in [0.3, 0.4) is 0 Å². The Balaban J connectivity index is 1.91. The van der Waals surface area contributed by atoms with Crippen molar-refractivity contribution in [2.75, 3.05) is 24.7 Å². The zero-order chi connectivity index (χ0) is 14.8.